The van der Waals surface area contributed by atoms with E-state index in [0.717, 1.165) is 19.5 Å². The summed E-state index contributed by atoms with van der Waals surface area (Å²) in [5.74, 6) is 1.03. The SMILES string of the molecule is COc1ccc(OC)c(C(=O)NCC2=CCNCC2)c1.Cl. The number of hydrogen-bond donors (Lipinski definition) is 2. The Bertz CT molecular complexity index is 518. The third kappa shape index (κ3) is 4.65. The molecule has 0 atom stereocenters. The van der Waals surface area contributed by atoms with Gasteiger partial charge in [-0.05, 0) is 31.2 Å². The van der Waals surface area contributed by atoms with Gasteiger partial charge in [0.05, 0.1) is 19.8 Å². The van der Waals surface area contributed by atoms with Gasteiger partial charge in [-0.2, -0.15) is 0 Å². The molecule has 21 heavy (non-hydrogen) atoms. The number of amides is 1. The monoisotopic (exact) mass is 312 g/mol. The van der Waals surface area contributed by atoms with Crippen LogP contribution in [0.25, 0.3) is 0 Å². The van der Waals surface area contributed by atoms with Gasteiger partial charge >= 0.3 is 0 Å². The van der Waals surface area contributed by atoms with Gasteiger partial charge in [0, 0.05) is 13.1 Å². The number of carbonyl (C=O) groups is 1. The quantitative estimate of drug-likeness (QED) is 0.814. The predicted octanol–water partition coefficient (Wildman–Crippen LogP) is 1.78. The van der Waals surface area contributed by atoms with Crippen LogP contribution in [0, 0.1) is 0 Å². The number of methoxy groups -OCH3 is 2. The average molecular weight is 313 g/mol. The topological polar surface area (TPSA) is 59.6 Å². The maximum Gasteiger partial charge on any atom is 0.255 e. The zero-order valence-corrected chi connectivity index (χ0v) is 13.1. The zero-order valence-electron chi connectivity index (χ0n) is 12.3. The second kappa shape index (κ2) is 8.54. The van der Waals surface area contributed by atoms with E-state index in [2.05, 4.69) is 16.7 Å². The number of rotatable bonds is 5. The number of hydrogen-bond acceptors (Lipinski definition) is 4. The van der Waals surface area contributed by atoms with Crippen LogP contribution in [0.1, 0.15) is 16.8 Å². The Labute approximate surface area is 131 Å². The lowest BCUT2D eigenvalue weighted by atomic mass is 10.1. The summed E-state index contributed by atoms with van der Waals surface area (Å²) in [6.45, 7) is 2.40. The molecule has 1 amide bonds. The van der Waals surface area contributed by atoms with Gasteiger partial charge in [0.15, 0.2) is 0 Å². The lowest BCUT2D eigenvalue weighted by Gasteiger charge is -2.15. The summed E-state index contributed by atoms with van der Waals surface area (Å²) in [6, 6.07) is 5.19. The first kappa shape index (κ1) is 17.3. The molecule has 2 N–H and O–H groups in total. The maximum atomic E-state index is 12.2. The molecule has 0 radical (unpaired) electrons. The molecule has 2 rings (SSSR count). The molecule has 1 aromatic rings. The number of halogens is 1. The minimum Gasteiger partial charge on any atom is -0.497 e. The van der Waals surface area contributed by atoms with Gasteiger partial charge in [0.2, 0.25) is 0 Å². The van der Waals surface area contributed by atoms with Crippen LogP contribution >= 0.6 is 12.4 Å². The summed E-state index contributed by atoms with van der Waals surface area (Å²) in [7, 11) is 3.12. The van der Waals surface area contributed by atoms with E-state index in [9.17, 15) is 4.79 Å². The Morgan fingerprint density at radius 1 is 1.33 bits per heavy atom. The van der Waals surface area contributed by atoms with E-state index in [1.54, 1.807) is 32.4 Å². The Hall–Kier alpha value is -1.72. The zero-order chi connectivity index (χ0) is 14.4. The molecule has 1 aliphatic heterocycles. The third-order valence-corrected chi connectivity index (χ3v) is 3.29. The molecule has 0 saturated carbocycles. The Kier molecular flexibility index (Phi) is 7.05. The highest BCUT2D eigenvalue weighted by Crippen LogP contribution is 2.23. The standard InChI is InChI=1S/C15H20N2O3.ClH/c1-19-12-3-4-14(20-2)13(9-12)15(18)17-10-11-5-7-16-8-6-11;/h3-5,9,16H,6-8,10H2,1-2H3,(H,17,18);1H. The van der Waals surface area contributed by atoms with Crippen LogP contribution in [-0.2, 0) is 0 Å². The molecule has 1 heterocycles. The van der Waals surface area contributed by atoms with Crippen molar-refractivity contribution in [1.29, 1.82) is 0 Å². The van der Waals surface area contributed by atoms with Gasteiger partial charge < -0.3 is 20.1 Å². The molecule has 1 aliphatic rings. The predicted molar refractivity (Wildman–Crippen MR) is 84.7 cm³/mol. The van der Waals surface area contributed by atoms with Crippen LogP contribution in [0.2, 0.25) is 0 Å². The van der Waals surface area contributed by atoms with Gasteiger partial charge in [-0.15, -0.1) is 12.4 Å². The van der Waals surface area contributed by atoms with Crippen molar-refractivity contribution < 1.29 is 14.3 Å². The normalized spacial score (nSPS) is 13.7. The van der Waals surface area contributed by atoms with Crippen molar-refractivity contribution >= 4 is 18.3 Å². The van der Waals surface area contributed by atoms with E-state index in [1.165, 1.54) is 5.57 Å². The molecular weight excluding hydrogens is 292 g/mol. The summed E-state index contributed by atoms with van der Waals surface area (Å²) in [4.78, 5) is 12.2. The fraction of sp³-hybridized carbons (Fsp3) is 0.400. The van der Waals surface area contributed by atoms with Crippen molar-refractivity contribution in [1.82, 2.24) is 10.6 Å². The average Bonchev–Trinajstić information content (AvgIpc) is 2.52. The van der Waals surface area contributed by atoms with Gasteiger partial charge in [0.25, 0.3) is 5.91 Å². The third-order valence-electron chi connectivity index (χ3n) is 3.29. The first-order chi connectivity index (χ1) is 9.74. The van der Waals surface area contributed by atoms with Gasteiger partial charge in [-0.25, -0.2) is 0 Å². The molecule has 116 valence electrons. The fourth-order valence-corrected chi connectivity index (χ4v) is 2.11. The van der Waals surface area contributed by atoms with E-state index < -0.39 is 0 Å². The highest BCUT2D eigenvalue weighted by atomic mass is 35.5. The van der Waals surface area contributed by atoms with Crippen LogP contribution < -0.4 is 20.1 Å². The van der Waals surface area contributed by atoms with E-state index in [-0.39, 0.29) is 18.3 Å². The van der Waals surface area contributed by atoms with Crippen LogP contribution in [0.3, 0.4) is 0 Å². The van der Waals surface area contributed by atoms with E-state index >= 15 is 0 Å². The molecule has 1 aromatic carbocycles. The van der Waals surface area contributed by atoms with Crippen molar-refractivity contribution in [3.8, 4) is 11.5 Å². The van der Waals surface area contributed by atoms with Crippen molar-refractivity contribution in [2.24, 2.45) is 0 Å². The first-order valence-electron chi connectivity index (χ1n) is 6.63. The highest BCUT2D eigenvalue weighted by Gasteiger charge is 2.14. The molecule has 0 unspecified atom stereocenters. The van der Waals surface area contributed by atoms with Crippen molar-refractivity contribution in [2.75, 3.05) is 33.9 Å². The molecule has 0 aromatic heterocycles. The van der Waals surface area contributed by atoms with Crippen molar-refractivity contribution in [3.05, 3.63) is 35.4 Å². The fourth-order valence-electron chi connectivity index (χ4n) is 2.11. The Morgan fingerprint density at radius 3 is 2.76 bits per heavy atom. The van der Waals surface area contributed by atoms with Gasteiger partial charge in [-0.1, -0.05) is 11.6 Å². The number of nitrogens with one attached hydrogen (secondary N) is 2. The minimum atomic E-state index is -0.153. The van der Waals surface area contributed by atoms with E-state index in [0.29, 0.717) is 23.6 Å². The number of benzene rings is 1. The Morgan fingerprint density at radius 2 is 2.14 bits per heavy atom. The number of carbonyl (C=O) groups excluding carboxylic acids is 1. The smallest absolute Gasteiger partial charge is 0.255 e. The highest BCUT2D eigenvalue weighted by molar-refractivity contribution is 5.97. The molecule has 5 nitrogen and oxygen atoms in total. The van der Waals surface area contributed by atoms with E-state index in [4.69, 9.17) is 9.47 Å². The van der Waals surface area contributed by atoms with E-state index in [1.807, 2.05) is 0 Å². The molecule has 0 fully saturated rings. The Balaban J connectivity index is 0.00000220. The summed E-state index contributed by atoms with van der Waals surface area (Å²) in [6.07, 6.45) is 3.09. The first-order valence-corrected chi connectivity index (χ1v) is 6.63. The van der Waals surface area contributed by atoms with Crippen LogP contribution in [0.5, 0.6) is 11.5 Å². The summed E-state index contributed by atoms with van der Waals surface area (Å²) in [5.41, 5.74) is 1.74. The van der Waals surface area contributed by atoms with Gasteiger partial charge in [0.1, 0.15) is 11.5 Å². The molecule has 0 saturated heterocycles. The molecule has 0 bridgehead atoms. The maximum absolute atomic E-state index is 12.2. The lowest BCUT2D eigenvalue weighted by molar-refractivity contribution is 0.0953. The summed E-state index contributed by atoms with van der Waals surface area (Å²) in [5, 5.41) is 6.17. The minimum absolute atomic E-state index is 0. The van der Waals surface area contributed by atoms with Gasteiger partial charge in [-0.3, -0.25) is 4.79 Å². The number of ether oxygens (including phenoxy) is 2. The second-order valence-electron chi connectivity index (χ2n) is 4.57. The van der Waals surface area contributed by atoms with Crippen LogP contribution in [0.15, 0.2) is 29.8 Å². The molecular formula is C15H21ClN2O3. The lowest BCUT2D eigenvalue weighted by Crippen LogP contribution is -2.29. The summed E-state index contributed by atoms with van der Waals surface area (Å²) >= 11 is 0. The molecule has 0 spiro atoms. The van der Waals surface area contributed by atoms with Crippen LogP contribution in [0.4, 0.5) is 0 Å². The van der Waals surface area contributed by atoms with Crippen molar-refractivity contribution in [3.63, 3.8) is 0 Å². The molecule has 0 aliphatic carbocycles. The second-order valence-corrected chi connectivity index (χ2v) is 4.57. The van der Waals surface area contributed by atoms with Crippen molar-refractivity contribution in [2.45, 2.75) is 6.42 Å². The molecule has 6 heteroatoms. The summed E-state index contributed by atoms with van der Waals surface area (Å²) < 4.78 is 10.4. The largest absolute Gasteiger partial charge is 0.497 e. The van der Waals surface area contributed by atoms with Crippen LogP contribution in [-0.4, -0.2) is 39.8 Å².